The SMILES string of the molecule is CC[C@H](C)[C@@H]1NC(=O)C(Cc2ccc(OC)cc2)NC(=O)CC2(CCCCC2)SSC[C@@H](C(=O)N2CCC[C@H]2C(=O)N[C@@H](CCCN)C(=O)N[C@@H](Cc2ccc(O)cc2)C(N)=O)NC(=O)C(CC(N)=O)NC(=O)[C@H]([C@@H](C)O)NC1=O. The molecule has 5 rings (SSSR count). The molecule has 2 heterocycles. The van der Waals surface area contributed by atoms with Crippen molar-refractivity contribution in [2.45, 2.75) is 170 Å². The molecule has 0 aromatic heterocycles. The third kappa shape index (κ3) is 18.7. The summed E-state index contributed by atoms with van der Waals surface area (Å²) in [6.07, 6.45) is 2.33. The Labute approximate surface area is 473 Å². The number of phenolic OH excluding ortho intramolecular Hbond substituents is 1. The zero-order valence-corrected chi connectivity index (χ0v) is 47.4. The van der Waals surface area contributed by atoms with Crippen LogP contribution in [0.4, 0.5) is 0 Å². The molecule has 440 valence electrons. The molecule has 15 N–H and O–H groups in total. The molecule has 10 atom stereocenters. The third-order valence-corrected chi connectivity index (χ3v) is 18.0. The molecule has 1 spiro atoms. The maximum Gasteiger partial charge on any atom is 0.246 e. The van der Waals surface area contributed by atoms with E-state index in [4.69, 9.17) is 21.9 Å². The Morgan fingerprint density at radius 2 is 1.44 bits per heavy atom. The van der Waals surface area contributed by atoms with Crippen molar-refractivity contribution in [1.82, 2.24) is 42.1 Å². The zero-order valence-electron chi connectivity index (χ0n) is 45.8. The monoisotopic (exact) mass is 1150 g/mol. The van der Waals surface area contributed by atoms with Gasteiger partial charge in [0.05, 0.1) is 19.6 Å². The van der Waals surface area contributed by atoms with Gasteiger partial charge in [0.25, 0.3) is 0 Å². The number of carbonyl (C=O) groups excluding carboxylic acids is 10. The van der Waals surface area contributed by atoms with E-state index in [1.807, 2.05) is 0 Å². The van der Waals surface area contributed by atoms with E-state index in [1.165, 1.54) is 52.7 Å². The van der Waals surface area contributed by atoms with E-state index in [2.05, 4.69) is 37.2 Å². The predicted octanol–water partition coefficient (Wildman–Crippen LogP) is -0.415. The number of carbonyl (C=O) groups is 10. The first-order valence-corrected chi connectivity index (χ1v) is 29.5. The highest BCUT2D eigenvalue weighted by atomic mass is 33.1. The Bertz CT molecular complexity index is 2500. The molecule has 10 amide bonds. The lowest BCUT2D eigenvalue weighted by atomic mass is 9.85. The molecule has 0 bridgehead atoms. The van der Waals surface area contributed by atoms with Crippen molar-refractivity contribution in [1.29, 1.82) is 0 Å². The van der Waals surface area contributed by atoms with Crippen molar-refractivity contribution < 1.29 is 62.9 Å². The number of aromatic hydroxyl groups is 1. The van der Waals surface area contributed by atoms with Crippen LogP contribution in [-0.2, 0) is 60.8 Å². The summed E-state index contributed by atoms with van der Waals surface area (Å²) in [4.78, 5) is 141. The first-order chi connectivity index (χ1) is 38.1. The summed E-state index contributed by atoms with van der Waals surface area (Å²) < 4.78 is 4.59. The predicted molar refractivity (Wildman–Crippen MR) is 300 cm³/mol. The van der Waals surface area contributed by atoms with Crippen LogP contribution in [0.25, 0.3) is 0 Å². The number of aliphatic hydroxyl groups is 1. The minimum Gasteiger partial charge on any atom is -0.508 e. The van der Waals surface area contributed by atoms with Crippen LogP contribution in [-0.4, -0.2) is 159 Å². The molecule has 1 aliphatic carbocycles. The van der Waals surface area contributed by atoms with E-state index in [1.54, 1.807) is 50.2 Å². The molecule has 2 saturated heterocycles. The van der Waals surface area contributed by atoms with E-state index in [0.717, 1.165) is 19.3 Å². The summed E-state index contributed by atoms with van der Waals surface area (Å²) >= 11 is 0. The van der Waals surface area contributed by atoms with Crippen LogP contribution in [0.2, 0.25) is 0 Å². The Kier molecular flexibility index (Phi) is 24.7. The fraction of sp³-hybridized carbons (Fsp3) is 0.593. The van der Waals surface area contributed by atoms with Crippen LogP contribution < -0.4 is 59.2 Å². The average Bonchev–Trinajstić information content (AvgIpc) is 3.93. The van der Waals surface area contributed by atoms with Crippen molar-refractivity contribution in [2.24, 2.45) is 23.1 Å². The summed E-state index contributed by atoms with van der Waals surface area (Å²) in [7, 11) is 4.05. The molecule has 3 fully saturated rings. The number of aliphatic hydroxyl groups excluding tert-OH is 1. The molecule has 26 heteroatoms. The van der Waals surface area contributed by atoms with E-state index < -0.39 is 131 Å². The number of hydrogen-bond acceptors (Lipinski definition) is 16. The summed E-state index contributed by atoms with van der Waals surface area (Å²) in [6, 6.07) is 1.83. The highest BCUT2D eigenvalue weighted by Crippen LogP contribution is 2.48. The largest absolute Gasteiger partial charge is 0.508 e. The van der Waals surface area contributed by atoms with Gasteiger partial charge < -0.3 is 74.3 Å². The second-order valence-electron chi connectivity index (χ2n) is 20.9. The number of methoxy groups -OCH3 is 1. The van der Waals surface area contributed by atoms with Gasteiger partial charge in [-0.3, -0.25) is 47.9 Å². The number of primary amides is 2. The number of nitrogens with two attached hydrogens (primary N) is 3. The Morgan fingerprint density at radius 3 is 2.05 bits per heavy atom. The molecule has 2 aliphatic heterocycles. The number of likely N-dealkylation sites (tertiary alicyclic amines) is 1. The smallest absolute Gasteiger partial charge is 0.246 e. The van der Waals surface area contributed by atoms with Crippen LogP contribution in [0.15, 0.2) is 48.5 Å². The van der Waals surface area contributed by atoms with E-state index in [0.29, 0.717) is 42.6 Å². The number of ether oxygens (including phenoxy) is 1. The first-order valence-electron chi connectivity index (χ1n) is 27.2. The maximum atomic E-state index is 15.0. The van der Waals surface area contributed by atoms with Gasteiger partial charge >= 0.3 is 0 Å². The fourth-order valence-corrected chi connectivity index (χ4v) is 13.3. The second kappa shape index (κ2) is 30.8. The van der Waals surface area contributed by atoms with Crippen LogP contribution in [0.3, 0.4) is 0 Å². The van der Waals surface area contributed by atoms with Crippen molar-refractivity contribution in [2.75, 3.05) is 26.0 Å². The molecule has 2 aromatic carbocycles. The molecule has 80 heavy (non-hydrogen) atoms. The number of hydrogen-bond donors (Lipinski definition) is 12. The standard InChI is InChI=1S/C54H79N11O13S2/c1-5-30(2)44-51(75)64-45(31(3)66)52(76)61-39(27-42(56)68)48(72)62-40(29-79-80-54(21-7-6-8-22-54)28-43(69)58-38(49(73)63-44)26-33-15-19-35(78-4)20-16-33)53(77)65-24-10-12-41(65)50(74)59-36(11-9-23-55)47(71)60-37(46(57)70)25-32-13-17-34(67)18-14-32/h13-20,30-31,36-41,44-45,66-67H,5-12,21-29,55H2,1-4H3,(H2,56,68)(H2,57,70)(H,58,69)(H,59,74)(H,60,71)(H,61,76)(H,62,72)(H,63,73)(H,64,75)/t30-,31+,36-,37-,38?,39?,40-,41-,44-,45-/m0/s1. The van der Waals surface area contributed by atoms with E-state index >= 15 is 0 Å². The summed E-state index contributed by atoms with van der Waals surface area (Å²) in [5, 5.41) is 39.3. The van der Waals surface area contributed by atoms with Gasteiger partial charge in [0, 0.05) is 36.3 Å². The molecular formula is C54H79N11O13S2. The van der Waals surface area contributed by atoms with E-state index in [-0.39, 0.29) is 63.1 Å². The summed E-state index contributed by atoms with van der Waals surface area (Å²) in [5.74, 6) is -8.38. The van der Waals surface area contributed by atoms with Gasteiger partial charge in [0.15, 0.2) is 0 Å². The summed E-state index contributed by atoms with van der Waals surface area (Å²) in [6.45, 7) is 4.88. The van der Waals surface area contributed by atoms with Crippen LogP contribution in [0.1, 0.15) is 109 Å². The highest BCUT2D eigenvalue weighted by Gasteiger charge is 2.43. The molecule has 24 nitrogen and oxygen atoms in total. The summed E-state index contributed by atoms with van der Waals surface area (Å²) in [5.41, 5.74) is 18.3. The lowest BCUT2D eigenvalue weighted by Crippen LogP contribution is -2.63. The first kappa shape index (κ1) is 64.2. The van der Waals surface area contributed by atoms with Crippen LogP contribution in [0, 0.1) is 5.92 Å². The number of nitrogens with zero attached hydrogens (tertiary/aromatic N) is 1. The van der Waals surface area contributed by atoms with Gasteiger partial charge in [-0.25, -0.2) is 0 Å². The quantitative estimate of drug-likeness (QED) is 0.0796. The van der Waals surface area contributed by atoms with Gasteiger partial charge in [0.2, 0.25) is 59.1 Å². The zero-order chi connectivity index (χ0) is 58.7. The van der Waals surface area contributed by atoms with Crippen molar-refractivity contribution in [3.05, 3.63) is 59.7 Å². The normalized spacial score (nSPS) is 24.0. The molecule has 2 unspecified atom stereocenters. The molecule has 2 aromatic rings. The number of rotatable bonds is 19. The maximum absolute atomic E-state index is 15.0. The number of nitrogens with one attached hydrogen (secondary N) is 7. The molecular weight excluding hydrogens is 1070 g/mol. The minimum atomic E-state index is -1.76. The molecule has 0 radical (unpaired) electrons. The topological polar surface area (TPSA) is 386 Å². The van der Waals surface area contributed by atoms with Gasteiger partial charge in [-0.2, -0.15) is 0 Å². The van der Waals surface area contributed by atoms with Crippen LogP contribution >= 0.6 is 21.6 Å². The Balaban J connectivity index is 1.48. The van der Waals surface area contributed by atoms with E-state index in [9.17, 15) is 58.2 Å². The van der Waals surface area contributed by atoms with Crippen molar-refractivity contribution in [3.8, 4) is 11.5 Å². The Hall–Kier alpha value is -6.64. The lowest BCUT2D eigenvalue weighted by Gasteiger charge is -2.37. The van der Waals surface area contributed by atoms with Gasteiger partial charge in [-0.05, 0) is 93.3 Å². The number of phenols is 1. The second-order valence-corrected chi connectivity index (χ2v) is 23.7. The molecule has 3 aliphatic rings. The average molecular weight is 1150 g/mol. The number of benzene rings is 2. The molecule has 1 saturated carbocycles. The fourth-order valence-electron chi connectivity index (χ4n) is 9.91. The Morgan fingerprint density at radius 1 is 0.800 bits per heavy atom. The number of amides is 10. The van der Waals surface area contributed by atoms with Gasteiger partial charge in [-0.1, -0.05) is 85.4 Å². The van der Waals surface area contributed by atoms with Crippen molar-refractivity contribution >= 4 is 80.7 Å². The van der Waals surface area contributed by atoms with Gasteiger partial charge in [0.1, 0.15) is 59.8 Å². The van der Waals surface area contributed by atoms with Crippen LogP contribution in [0.5, 0.6) is 11.5 Å². The highest BCUT2D eigenvalue weighted by molar-refractivity contribution is 8.77. The van der Waals surface area contributed by atoms with Gasteiger partial charge in [-0.15, -0.1) is 0 Å². The minimum absolute atomic E-state index is 0.00521. The van der Waals surface area contributed by atoms with Crippen molar-refractivity contribution in [3.63, 3.8) is 0 Å². The lowest BCUT2D eigenvalue weighted by molar-refractivity contribution is -0.142. The third-order valence-electron chi connectivity index (χ3n) is 14.7.